The molecule has 2 amide bonds. The Balaban J connectivity index is 1.37. The highest BCUT2D eigenvalue weighted by Gasteiger charge is 2.14. The van der Waals surface area contributed by atoms with Gasteiger partial charge in [0.2, 0.25) is 11.8 Å². The lowest BCUT2D eigenvalue weighted by molar-refractivity contribution is -0.123. The summed E-state index contributed by atoms with van der Waals surface area (Å²) >= 11 is 0. The topological polar surface area (TPSA) is 110 Å². The number of nitrogens with one attached hydrogen (secondary N) is 2. The van der Waals surface area contributed by atoms with Gasteiger partial charge in [0.25, 0.3) is 0 Å². The normalized spacial score (nSPS) is 12.6. The van der Waals surface area contributed by atoms with Gasteiger partial charge in [-0.15, -0.1) is 0 Å². The molecule has 0 saturated carbocycles. The molecule has 6 heteroatoms. The standard InChI is InChI=1S/C28H42N4O2/c29-25(21-23-15-9-7-10-16-23)27(33)31-19-13-5-3-1-2-4-6-14-20-32-28(34)26(30)22-24-17-11-8-12-18-24/h7-12,15-18,25-26H,1-6,13-14,19-22,29-30H2,(H,31,33)(H,32,34). The van der Waals surface area contributed by atoms with Crippen molar-refractivity contribution in [3.8, 4) is 0 Å². The maximum Gasteiger partial charge on any atom is 0.237 e. The maximum atomic E-state index is 12.1. The van der Waals surface area contributed by atoms with Crippen LogP contribution in [0.15, 0.2) is 60.7 Å². The van der Waals surface area contributed by atoms with Crippen molar-refractivity contribution in [3.63, 3.8) is 0 Å². The Kier molecular flexibility index (Phi) is 13.6. The molecule has 0 aliphatic carbocycles. The third kappa shape index (κ3) is 12.0. The fourth-order valence-electron chi connectivity index (χ4n) is 3.92. The SMILES string of the molecule is NC(Cc1ccccc1)C(=O)NCCCCCCCCCCNC(=O)C(N)Cc1ccccc1. The van der Waals surface area contributed by atoms with E-state index in [1.165, 1.54) is 25.7 Å². The molecule has 2 atom stereocenters. The van der Waals surface area contributed by atoms with Crippen molar-refractivity contribution < 1.29 is 9.59 Å². The van der Waals surface area contributed by atoms with E-state index in [2.05, 4.69) is 10.6 Å². The molecule has 34 heavy (non-hydrogen) atoms. The van der Waals surface area contributed by atoms with Crippen molar-refractivity contribution in [2.45, 2.75) is 76.3 Å². The van der Waals surface area contributed by atoms with Gasteiger partial charge in [-0.2, -0.15) is 0 Å². The van der Waals surface area contributed by atoms with Gasteiger partial charge in [0.15, 0.2) is 0 Å². The monoisotopic (exact) mass is 466 g/mol. The van der Waals surface area contributed by atoms with E-state index in [1.807, 2.05) is 60.7 Å². The van der Waals surface area contributed by atoms with E-state index in [0.717, 1.165) is 36.8 Å². The number of unbranched alkanes of at least 4 members (excludes halogenated alkanes) is 7. The molecule has 0 fully saturated rings. The van der Waals surface area contributed by atoms with E-state index in [4.69, 9.17) is 11.5 Å². The summed E-state index contributed by atoms with van der Waals surface area (Å²) in [7, 11) is 0. The number of amides is 2. The summed E-state index contributed by atoms with van der Waals surface area (Å²) in [4.78, 5) is 24.2. The predicted octanol–water partition coefficient (Wildman–Crippen LogP) is 3.48. The van der Waals surface area contributed by atoms with Gasteiger partial charge in [-0.3, -0.25) is 9.59 Å². The molecule has 0 aliphatic rings. The molecule has 2 rings (SSSR count). The minimum Gasteiger partial charge on any atom is -0.355 e. The quantitative estimate of drug-likeness (QED) is 0.268. The number of hydrogen-bond acceptors (Lipinski definition) is 4. The first kappa shape index (κ1) is 27.5. The van der Waals surface area contributed by atoms with Gasteiger partial charge in [-0.05, 0) is 36.8 Å². The van der Waals surface area contributed by atoms with Crippen molar-refractivity contribution in [2.75, 3.05) is 13.1 Å². The first-order valence-corrected chi connectivity index (χ1v) is 12.7. The lowest BCUT2D eigenvalue weighted by atomic mass is 10.1. The highest BCUT2D eigenvalue weighted by Crippen LogP contribution is 2.08. The number of hydrogen-bond donors (Lipinski definition) is 4. The van der Waals surface area contributed by atoms with Crippen LogP contribution in [-0.4, -0.2) is 37.0 Å². The van der Waals surface area contributed by atoms with Crippen LogP contribution >= 0.6 is 0 Å². The van der Waals surface area contributed by atoms with Crippen molar-refractivity contribution in [1.82, 2.24) is 10.6 Å². The van der Waals surface area contributed by atoms with Gasteiger partial charge < -0.3 is 22.1 Å². The van der Waals surface area contributed by atoms with Crippen LogP contribution < -0.4 is 22.1 Å². The summed E-state index contributed by atoms with van der Waals surface area (Å²) in [5.41, 5.74) is 14.2. The Morgan fingerprint density at radius 1 is 0.559 bits per heavy atom. The molecule has 2 aromatic carbocycles. The molecule has 0 aliphatic heterocycles. The molecule has 186 valence electrons. The first-order valence-electron chi connectivity index (χ1n) is 12.7. The summed E-state index contributed by atoms with van der Waals surface area (Å²) in [6, 6.07) is 18.7. The number of benzene rings is 2. The predicted molar refractivity (Wildman–Crippen MR) is 139 cm³/mol. The summed E-state index contributed by atoms with van der Waals surface area (Å²) < 4.78 is 0. The molecule has 0 heterocycles. The molecule has 2 aromatic rings. The first-order chi connectivity index (χ1) is 16.6. The second kappa shape index (κ2) is 16.8. The van der Waals surface area contributed by atoms with E-state index in [1.54, 1.807) is 0 Å². The number of carbonyl (C=O) groups is 2. The van der Waals surface area contributed by atoms with Crippen molar-refractivity contribution in [1.29, 1.82) is 0 Å². The average molecular weight is 467 g/mol. The largest absolute Gasteiger partial charge is 0.355 e. The Morgan fingerprint density at radius 2 is 0.882 bits per heavy atom. The van der Waals surface area contributed by atoms with Gasteiger partial charge >= 0.3 is 0 Å². The van der Waals surface area contributed by atoms with Crippen LogP contribution in [0.25, 0.3) is 0 Å². The third-order valence-electron chi connectivity index (χ3n) is 5.97. The Bertz CT molecular complexity index is 744. The number of rotatable bonds is 17. The zero-order valence-electron chi connectivity index (χ0n) is 20.4. The van der Waals surface area contributed by atoms with Crippen molar-refractivity contribution in [2.24, 2.45) is 11.5 Å². The number of carbonyl (C=O) groups excluding carboxylic acids is 2. The van der Waals surface area contributed by atoms with Gasteiger partial charge in [0.05, 0.1) is 12.1 Å². The summed E-state index contributed by atoms with van der Waals surface area (Å²) in [6.45, 7) is 1.38. The zero-order valence-corrected chi connectivity index (χ0v) is 20.4. The zero-order chi connectivity index (χ0) is 24.4. The van der Waals surface area contributed by atoms with E-state index >= 15 is 0 Å². The van der Waals surface area contributed by atoms with Crippen LogP contribution in [0.2, 0.25) is 0 Å². The second-order valence-corrected chi connectivity index (χ2v) is 9.00. The van der Waals surface area contributed by atoms with E-state index in [0.29, 0.717) is 25.9 Å². The third-order valence-corrected chi connectivity index (χ3v) is 5.97. The Labute approximate surface area is 204 Å². The van der Waals surface area contributed by atoms with Gasteiger partial charge in [0.1, 0.15) is 0 Å². The van der Waals surface area contributed by atoms with Crippen LogP contribution in [0.1, 0.15) is 62.5 Å². The van der Waals surface area contributed by atoms with Crippen LogP contribution in [0.4, 0.5) is 0 Å². The van der Waals surface area contributed by atoms with Crippen LogP contribution in [0, 0.1) is 0 Å². The molecule has 0 spiro atoms. The Hall–Kier alpha value is -2.70. The average Bonchev–Trinajstić information content (AvgIpc) is 2.85. The summed E-state index contributed by atoms with van der Waals surface area (Å²) in [5.74, 6) is -0.145. The molecule has 2 unspecified atom stereocenters. The van der Waals surface area contributed by atoms with Gasteiger partial charge in [-0.25, -0.2) is 0 Å². The molecule has 6 N–H and O–H groups in total. The molecular weight excluding hydrogens is 424 g/mol. The second-order valence-electron chi connectivity index (χ2n) is 9.00. The molecule has 0 saturated heterocycles. The highest BCUT2D eigenvalue weighted by atomic mass is 16.2. The molecule has 0 bridgehead atoms. The van der Waals surface area contributed by atoms with Gasteiger partial charge in [-0.1, -0.05) is 99.2 Å². The lowest BCUT2D eigenvalue weighted by Gasteiger charge is -2.12. The van der Waals surface area contributed by atoms with Crippen LogP contribution in [0.3, 0.4) is 0 Å². The fraction of sp³-hybridized carbons (Fsp3) is 0.500. The van der Waals surface area contributed by atoms with E-state index in [9.17, 15) is 9.59 Å². The molecule has 0 radical (unpaired) electrons. The smallest absolute Gasteiger partial charge is 0.237 e. The van der Waals surface area contributed by atoms with E-state index in [-0.39, 0.29) is 11.8 Å². The molecule has 0 aromatic heterocycles. The maximum absolute atomic E-state index is 12.1. The van der Waals surface area contributed by atoms with E-state index < -0.39 is 12.1 Å². The summed E-state index contributed by atoms with van der Waals surface area (Å²) in [5, 5.41) is 5.90. The lowest BCUT2D eigenvalue weighted by Crippen LogP contribution is -2.42. The fourth-order valence-corrected chi connectivity index (χ4v) is 3.92. The van der Waals surface area contributed by atoms with Crippen LogP contribution in [0.5, 0.6) is 0 Å². The minimum absolute atomic E-state index is 0.0723. The number of nitrogens with two attached hydrogens (primary N) is 2. The molecular formula is C28H42N4O2. The van der Waals surface area contributed by atoms with Crippen molar-refractivity contribution in [3.05, 3.63) is 71.8 Å². The minimum atomic E-state index is -0.494. The Morgan fingerprint density at radius 3 is 1.24 bits per heavy atom. The van der Waals surface area contributed by atoms with Crippen LogP contribution in [-0.2, 0) is 22.4 Å². The van der Waals surface area contributed by atoms with Gasteiger partial charge in [0, 0.05) is 13.1 Å². The molecule has 6 nitrogen and oxygen atoms in total. The highest BCUT2D eigenvalue weighted by molar-refractivity contribution is 5.82. The summed E-state index contributed by atoms with van der Waals surface area (Å²) in [6.07, 6.45) is 10.1. The van der Waals surface area contributed by atoms with Crippen molar-refractivity contribution >= 4 is 11.8 Å².